The molecule has 0 bridgehead atoms. The molecule has 1 amide bonds. The third-order valence-electron chi connectivity index (χ3n) is 5.13. The van der Waals surface area contributed by atoms with Gasteiger partial charge in [0.15, 0.2) is 0 Å². The van der Waals surface area contributed by atoms with Gasteiger partial charge in [-0.1, -0.05) is 6.07 Å². The number of carbonyl (C=O) groups excluding carboxylic acids is 1. The second-order valence-electron chi connectivity index (χ2n) is 6.69. The van der Waals surface area contributed by atoms with E-state index in [0.717, 1.165) is 69.1 Å². The lowest BCUT2D eigenvalue weighted by molar-refractivity contribution is -0.137. The summed E-state index contributed by atoms with van der Waals surface area (Å²) in [6.45, 7) is 4.34. The number of aromatic nitrogens is 3. The monoisotopic (exact) mass is 325 g/mol. The molecule has 6 nitrogen and oxygen atoms in total. The average Bonchev–Trinajstić information content (AvgIpc) is 3.10. The Kier molecular flexibility index (Phi) is 4.30. The molecule has 6 heteroatoms. The van der Waals surface area contributed by atoms with E-state index in [1.807, 2.05) is 23.2 Å². The molecule has 1 saturated heterocycles. The number of piperazine rings is 1. The topological polar surface area (TPSA) is 65.1 Å². The molecule has 1 N–H and O–H groups in total. The van der Waals surface area contributed by atoms with E-state index in [1.54, 1.807) is 6.33 Å². The van der Waals surface area contributed by atoms with Crippen molar-refractivity contribution < 1.29 is 4.79 Å². The number of H-pyrrole nitrogens is 1. The third kappa shape index (κ3) is 3.19. The van der Waals surface area contributed by atoms with E-state index in [9.17, 15) is 4.79 Å². The summed E-state index contributed by atoms with van der Waals surface area (Å²) in [5, 5.41) is 0. The predicted molar refractivity (Wildman–Crippen MR) is 90.2 cm³/mol. The third-order valence-corrected chi connectivity index (χ3v) is 5.13. The van der Waals surface area contributed by atoms with E-state index in [-0.39, 0.29) is 5.92 Å². The number of nitrogens with zero attached hydrogens (tertiary/aromatic N) is 4. The van der Waals surface area contributed by atoms with E-state index in [4.69, 9.17) is 0 Å². The summed E-state index contributed by atoms with van der Waals surface area (Å²) in [5.41, 5.74) is 3.38. The smallest absolute Gasteiger partial charge is 0.226 e. The summed E-state index contributed by atoms with van der Waals surface area (Å²) >= 11 is 0. The Balaban J connectivity index is 1.30. The minimum atomic E-state index is 0.111. The van der Waals surface area contributed by atoms with Gasteiger partial charge in [-0.15, -0.1) is 0 Å². The summed E-state index contributed by atoms with van der Waals surface area (Å²) in [7, 11) is 0. The van der Waals surface area contributed by atoms with E-state index < -0.39 is 0 Å². The lowest BCUT2D eigenvalue weighted by Crippen LogP contribution is -2.50. The second-order valence-corrected chi connectivity index (χ2v) is 6.69. The van der Waals surface area contributed by atoms with Gasteiger partial charge in [-0.3, -0.25) is 14.7 Å². The van der Waals surface area contributed by atoms with Gasteiger partial charge in [-0.25, -0.2) is 4.98 Å². The molecule has 0 radical (unpaired) electrons. The van der Waals surface area contributed by atoms with E-state index >= 15 is 0 Å². The standard InChI is InChI=1S/C18H23N5O/c24-18(14-4-5-16-17(11-14)21-13-20-16)23-9-7-22(8-10-23)12-15-3-1-2-6-19-15/h1-3,6,13-14H,4-5,7-12H2,(H,20,21)/t14-/m1/s1. The van der Waals surface area contributed by atoms with Crippen LogP contribution in [-0.4, -0.2) is 56.8 Å². The Labute approximate surface area is 141 Å². The van der Waals surface area contributed by atoms with Crippen LogP contribution in [0.1, 0.15) is 23.5 Å². The highest BCUT2D eigenvalue weighted by Gasteiger charge is 2.31. The van der Waals surface area contributed by atoms with Crippen LogP contribution in [0.2, 0.25) is 0 Å². The average molecular weight is 325 g/mol. The summed E-state index contributed by atoms with van der Waals surface area (Å²) in [4.78, 5) is 29.1. The van der Waals surface area contributed by atoms with Crippen LogP contribution < -0.4 is 0 Å². The second kappa shape index (κ2) is 6.73. The molecule has 0 spiro atoms. The molecule has 2 aliphatic rings. The molecule has 1 aliphatic carbocycles. The lowest BCUT2D eigenvalue weighted by Gasteiger charge is -2.36. The maximum absolute atomic E-state index is 12.8. The highest BCUT2D eigenvalue weighted by atomic mass is 16.2. The molecule has 1 aliphatic heterocycles. The van der Waals surface area contributed by atoms with Gasteiger partial charge < -0.3 is 9.88 Å². The van der Waals surface area contributed by atoms with Crippen LogP contribution in [0.4, 0.5) is 0 Å². The van der Waals surface area contributed by atoms with Crippen molar-refractivity contribution in [2.75, 3.05) is 26.2 Å². The first kappa shape index (κ1) is 15.3. The summed E-state index contributed by atoms with van der Waals surface area (Å²) in [5.74, 6) is 0.424. The SMILES string of the molecule is O=C([C@@H]1CCc2nc[nH]c2C1)N1CCN(Cc2ccccn2)CC1. The Bertz CT molecular complexity index is 690. The van der Waals surface area contributed by atoms with Crippen molar-refractivity contribution in [2.45, 2.75) is 25.8 Å². The summed E-state index contributed by atoms with van der Waals surface area (Å²) in [6, 6.07) is 6.02. The maximum atomic E-state index is 12.8. The largest absolute Gasteiger partial charge is 0.348 e. The molecular weight excluding hydrogens is 302 g/mol. The molecule has 4 rings (SSSR count). The molecular formula is C18H23N5O. The minimum Gasteiger partial charge on any atom is -0.348 e. The molecule has 0 aromatic carbocycles. The number of pyridine rings is 1. The Morgan fingerprint density at radius 3 is 2.88 bits per heavy atom. The molecule has 126 valence electrons. The van der Waals surface area contributed by atoms with Crippen LogP contribution in [0.25, 0.3) is 0 Å². The molecule has 0 saturated carbocycles. The molecule has 0 unspecified atom stereocenters. The number of carbonyl (C=O) groups is 1. The van der Waals surface area contributed by atoms with E-state index in [2.05, 4.69) is 25.9 Å². The minimum absolute atomic E-state index is 0.111. The van der Waals surface area contributed by atoms with Crippen LogP contribution >= 0.6 is 0 Å². The van der Waals surface area contributed by atoms with Crippen LogP contribution in [0.3, 0.4) is 0 Å². The molecule has 1 fully saturated rings. The number of amides is 1. The highest BCUT2D eigenvalue weighted by molar-refractivity contribution is 5.79. The Hall–Kier alpha value is -2.21. The quantitative estimate of drug-likeness (QED) is 0.922. The highest BCUT2D eigenvalue weighted by Crippen LogP contribution is 2.25. The number of imidazole rings is 1. The molecule has 2 aromatic heterocycles. The van der Waals surface area contributed by atoms with Crippen molar-refractivity contribution in [1.82, 2.24) is 24.8 Å². The fourth-order valence-corrected chi connectivity index (χ4v) is 3.72. The normalized spacial score (nSPS) is 21.5. The van der Waals surface area contributed by atoms with Crippen molar-refractivity contribution in [2.24, 2.45) is 5.92 Å². The number of aryl methyl sites for hydroxylation is 1. The molecule has 3 heterocycles. The zero-order chi connectivity index (χ0) is 16.4. The van der Waals surface area contributed by atoms with Gasteiger partial charge >= 0.3 is 0 Å². The number of hydrogen-bond donors (Lipinski definition) is 1. The van der Waals surface area contributed by atoms with Crippen LogP contribution in [0.5, 0.6) is 0 Å². The molecule has 24 heavy (non-hydrogen) atoms. The summed E-state index contributed by atoms with van der Waals surface area (Å²) in [6.07, 6.45) is 6.22. The van der Waals surface area contributed by atoms with Gasteiger partial charge in [-0.05, 0) is 25.0 Å². The molecule has 2 aromatic rings. The van der Waals surface area contributed by atoms with Crippen molar-refractivity contribution >= 4 is 5.91 Å². The zero-order valence-corrected chi connectivity index (χ0v) is 13.8. The fraction of sp³-hybridized carbons (Fsp3) is 0.500. The van der Waals surface area contributed by atoms with Gasteiger partial charge in [0.2, 0.25) is 5.91 Å². The van der Waals surface area contributed by atoms with Crippen LogP contribution in [0.15, 0.2) is 30.7 Å². The van der Waals surface area contributed by atoms with Gasteiger partial charge in [0.1, 0.15) is 0 Å². The number of aromatic amines is 1. The Morgan fingerprint density at radius 2 is 2.08 bits per heavy atom. The van der Waals surface area contributed by atoms with E-state index in [0.29, 0.717) is 5.91 Å². The summed E-state index contributed by atoms with van der Waals surface area (Å²) < 4.78 is 0. The fourth-order valence-electron chi connectivity index (χ4n) is 3.72. The predicted octanol–water partition coefficient (Wildman–Crippen LogP) is 1.25. The first-order valence-corrected chi connectivity index (χ1v) is 8.72. The van der Waals surface area contributed by atoms with E-state index in [1.165, 1.54) is 0 Å². The van der Waals surface area contributed by atoms with Crippen molar-refractivity contribution in [3.05, 3.63) is 47.8 Å². The first-order chi connectivity index (χ1) is 11.8. The number of fused-ring (bicyclic) bond motifs is 1. The van der Waals surface area contributed by atoms with Gasteiger partial charge in [0.25, 0.3) is 0 Å². The van der Waals surface area contributed by atoms with Crippen LogP contribution in [-0.2, 0) is 24.2 Å². The van der Waals surface area contributed by atoms with Gasteiger partial charge in [0.05, 0.1) is 17.7 Å². The van der Waals surface area contributed by atoms with Crippen molar-refractivity contribution in [1.29, 1.82) is 0 Å². The lowest BCUT2D eigenvalue weighted by atomic mass is 9.88. The van der Waals surface area contributed by atoms with Crippen LogP contribution in [0, 0.1) is 5.92 Å². The van der Waals surface area contributed by atoms with Gasteiger partial charge in [0, 0.05) is 57.0 Å². The van der Waals surface area contributed by atoms with Crippen molar-refractivity contribution in [3.8, 4) is 0 Å². The first-order valence-electron chi connectivity index (χ1n) is 8.72. The number of hydrogen-bond acceptors (Lipinski definition) is 4. The number of nitrogens with one attached hydrogen (secondary N) is 1. The molecule has 1 atom stereocenters. The zero-order valence-electron chi connectivity index (χ0n) is 13.8. The number of rotatable bonds is 3. The van der Waals surface area contributed by atoms with Crippen molar-refractivity contribution in [3.63, 3.8) is 0 Å². The maximum Gasteiger partial charge on any atom is 0.226 e. The Morgan fingerprint density at radius 1 is 1.21 bits per heavy atom. The van der Waals surface area contributed by atoms with Gasteiger partial charge in [-0.2, -0.15) is 0 Å².